The molecule has 0 aromatic carbocycles. The number of aromatic nitrogens is 3. The molecule has 0 saturated heterocycles. The Kier molecular flexibility index (Phi) is 2.21. The molecule has 0 radical (unpaired) electrons. The Morgan fingerprint density at radius 2 is 2.41 bits per heavy atom. The highest BCUT2D eigenvalue weighted by Crippen LogP contribution is 2.38. The molecule has 3 rings (SSSR count). The third-order valence-electron chi connectivity index (χ3n) is 2.75. The Balaban J connectivity index is 1.73. The first-order valence-corrected chi connectivity index (χ1v) is 5.44. The van der Waals surface area contributed by atoms with Gasteiger partial charge in [0.25, 0.3) is 0 Å². The predicted molar refractivity (Wildman–Crippen MR) is 56.8 cm³/mol. The minimum absolute atomic E-state index is 0.0745. The van der Waals surface area contributed by atoms with E-state index in [4.69, 9.17) is 9.63 Å². The Labute approximate surface area is 96.8 Å². The highest BCUT2D eigenvalue weighted by Gasteiger charge is 2.25. The fraction of sp³-hybridized carbons (Fsp3) is 0.364. The lowest BCUT2D eigenvalue weighted by Gasteiger charge is -1.95. The standard InChI is InChI=1S/C11H11N3O3/c15-11(16)10-5-8(17-13-10)6-14-4-3-9(12-14)7-1-2-7/h3-5,7H,1-2,6H2,(H,15,16). The number of carboxylic acid groups (broad SMARTS) is 1. The van der Waals surface area contributed by atoms with Crippen molar-refractivity contribution in [1.82, 2.24) is 14.9 Å². The zero-order chi connectivity index (χ0) is 11.8. The van der Waals surface area contributed by atoms with Gasteiger partial charge >= 0.3 is 5.97 Å². The molecule has 0 bridgehead atoms. The van der Waals surface area contributed by atoms with Crippen LogP contribution in [0.25, 0.3) is 0 Å². The highest BCUT2D eigenvalue weighted by molar-refractivity contribution is 5.85. The Morgan fingerprint density at radius 1 is 1.59 bits per heavy atom. The molecule has 6 heteroatoms. The van der Waals surface area contributed by atoms with E-state index < -0.39 is 5.97 Å². The number of aromatic carboxylic acids is 1. The summed E-state index contributed by atoms with van der Waals surface area (Å²) in [7, 11) is 0. The molecule has 88 valence electrons. The lowest BCUT2D eigenvalue weighted by Crippen LogP contribution is -2.00. The van der Waals surface area contributed by atoms with Crippen LogP contribution < -0.4 is 0 Å². The topological polar surface area (TPSA) is 81.1 Å². The molecule has 0 amide bonds. The SMILES string of the molecule is O=C(O)c1cc(Cn2ccc(C3CC3)n2)on1. The first-order chi connectivity index (χ1) is 8.22. The minimum atomic E-state index is -1.08. The molecule has 1 fully saturated rings. The average Bonchev–Trinajstić information content (AvgIpc) is 2.87. The van der Waals surface area contributed by atoms with Crippen LogP contribution in [-0.4, -0.2) is 26.0 Å². The number of carbonyl (C=O) groups is 1. The number of hydrogen-bond donors (Lipinski definition) is 1. The normalized spacial score (nSPS) is 15.1. The van der Waals surface area contributed by atoms with Crippen LogP contribution in [0.1, 0.15) is 40.7 Å². The largest absolute Gasteiger partial charge is 0.476 e. The van der Waals surface area contributed by atoms with E-state index in [2.05, 4.69) is 10.3 Å². The van der Waals surface area contributed by atoms with Crippen LogP contribution >= 0.6 is 0 Å². The maximum atomic E-state index is 10.6. The van der Waals surface area contributed by atoms with Crippen LogP contribution in [-0.2, 0) is 6.54 Å². The first kappa shape index (κ1) is 10.1. The molecule has 17 heavy (non-hydrogen) atoms. The van der Waals surface area contributed by atoms with Gasteiger partial charge in [0.1, 0.15) is 6.54 Å². The van der Waals surface area contributed by atoms with Gasteiger partial charge < -0.3 is 9.63 Å². The van der Waals surface area contributed by atoms with Crippen molar-refractivity contribution in [1.29, 1.82) is 0 Å². The smallest absolute Gasteiger partial charge is 0.358 e. The molecular weight excluding hydrogens is 222 g/mol. The molecular formula is C11H11N3O3. The maximum absolute atomic E-state index is 10.6. The van der Waals surface area contributed by atoms with E-state index in [0.717, 1.165) is 5.69 Å². The first-order valence-electron chi connectivity index (χ1n) is 5.44. The molecule has 6 nitrogen and oxygen atoms in total. The zero-order valence-corrected chi connectivity index (χ0v) is 9.04. The van der Waals surface area contributed by atoms with Crippen LogP contribution in [0, 0.1) is 0 Å². The van der Waals surface area contributed by atoms with Crippen molar-refractivity contribution >= 4 is 5.97 Å². The second-order valence-corrected chi connectivity index (χ2v) is 4.20. The van der Waals surface area contributed by atoms with Gasteiger partial charge in [0.15, 0.2) is 11.5 Å². The van der Waals surface area contributed by atoms with Gasteiger partial charge in [-0.2, -0.15) is 5.10 Å². The van der Waals surface area contributed by atoms with E-state index >= 15 is 0 Å². The van der Waals surface area contributed by atoms with Crippen molar-refractivity contribution < 1.29 is 14.4 Å². The summed E-state index contributed by atoms with van der Waals surface area (Å²) < 4.78 is 6.66. The molecule has 0 unspecified atom stereocenters. The van der Waals surface area contributed by atoms with Crippen LogP contribution in [0.5, 0.6) is 0 Å². The summed E-state index contributed by atoms with van der Waals surface area (Å²) in [4.78, 5) is 10.6. The predicted octanol–water partition coefficient (Wildman–Crippen LogP) is 1.49. The van der Waals surface area contributed by atoms with E-state index in [1.54, 1.807) is 4.68 Å². The summed E-state index contributed by atoms with van der Waals surface area (Å²) in [5.74, 6) is 0.0209. The van der Waals surface area contributed by atoms with Gasteiger partial charge in [-0.15, -0.1) is 0 Å². The molecule has 1 N–H and O–H groups in total. The molecule has 1 saturated carbocycles. The third kappa shape index (κ3) is 2.06. The fourth-order valence-corrected chi connectivity index (χ4v) is 1.71. The summed E-state index contributed by atoms with van der Waals surface area (Å²) in [6.45, 7) is 0.410. The van der Waals surface area contributed by atoms with Gasteiger partial charge in [-0.25, -0.2) is 4.79 Å². The quantitative estimate of drug-likeness (QED) is 0.865. The van der Waals surface area contributed by atoms with Crippen molar-refractivity contribution in [2.24, 2.45) is 0 Å². The van der Waals surface area contributed by atoms with Gasteiger partial charge in [-0.05, 0) is 18.9 Å². The highest BCUT2D eigenvalue weighted by atomic mass is 16.5. The van der Waals surface area contributed by atoms with Crippen molar-refractivity contribution in [3.05, 3.63) is 35.5 Å². The molecule has 0 spiro atoms. The molecule has 1 aliphatic rings. The van der Waals surface area contributed by atoms with Crippen LogP contribution in [0.4, 0.5) is 0 Å². The van der Waals surface area contributed by atoms with Crippen LogP contribution in [0.15, 0.2) is 22.9 Å². The van der Waals surface area contributed by atoms with Crippen LogP contribution in [0.2, 0.25) is 0 Å². The van der Waals surface area contributed by atoms with Gasteiger partial charge in [0.2, 0.25) is 0 Å². The lowest BCUT2D eigenvalue weighted by atomic mass is 10.3. The minimum Gasteiger partial charge on any atom is -0.476 e. The molecule has 2 heterocycles. The summed E-state index contributed by atoms with van der Waals surface area (Å²) in [5.41, 5.74) is 1.03. The zero-order valence-electron chi connectivity index (χ0n) is 9.04. The van der Waals surface area contributed by atoms with Crippen molar-refractivity contribution in [3.8, 4) is 0 Å². The number of nitrogens with zero attached hydrogens (tertiary/aromatic N) is 3. The maximum Gasteiger partial charge on any atom is 0.358 e. The van der Waals surface area contributed by atoms with Gasteiger partial charge in [0.05, 0.1) is 5.69 Å². The Morgan fingerprint density at radius 3 is 3.06 bits per heavy atom. The lowest BCUT2D eigenvalue weighted by molar-refractivity contribution is 0.0685. The third-order valence-corrected chi connectivity index (χ3v) is 2.75. The number of carboxylic acids is 1. The van der Waals surface area contributed by atoms with Gasteiger partial charge in [-0.1, -0.05) is 5.16 Å². The molecule has 2 aromatic heterocycles. The fourth-order valence-electron chi connectivity index (χ4n) is 1.71. The Hall–Kier alpha value is -2.11. The molecule has 1 aliphatic carbocycles. The van der Waals surface area contributed by atoms with Crippen molar-refractivity contribution in [2.75, 3.05) is 0 Å². The summed E-state index contributed by atoms with van der Waals surface area (Å²) >= 11 is 0. The second-order valence-electron chi connectivity index (χ2n) is 4.20. The van der Waals surface area contributed by atoms with E-state index in [0.29, 0.717) is 18.2 Å². The molecule has 2 aromatic rings. The van der Waals surface area contributed by atoms with Crippen molar-refractivity contribution in [2.45, 2.75) is 25.3 Å². The number of hydrogen-bond acceptors (Lipinski definition) is 4. The summed E-state index contributed by atoms with van der Waals surface area (Å²) in [5, 5.41) is 16.6. The van der Waals surface area contributed by atoms with Crippen molar-refractivity contribution in [3.63, 3.8) is 0 Å². The van der Waals surface area contributed by atoms with E-state index in [9.17, 15) is 4.79 Å². The van der Waals surface area contributed by atoms with E-state index in [1.807, 2.05) is 12.3 Å². The van der Waals surface area contributed by atoms with Crippen LogP contribution in [0.3, 0.4) is 0 Å². The molecule has 0 aliphatic heterocycles. The monoisotopic (exact) mass is 233 g/mol. The summed E-state index contributed by atoms with van der Waals surface area (Å²) in [6.07, 6.45) is 4.29. The van der Waals surface area contributed by atoms with E-state index in [-0.39, 0.29) is 5.69 Å². The molecule has 0 atom stereocenters. The van der Waals surface area contributed by atoms with Gasteiger partial charge in [0, 0.05) is 18.2 Å². The Bertz CT molecular complexity index is 554. The number of rotatable bonds is 4. The van der Waals surface area contributed by atoms with E-state index in [1.165, 1.54) is 18.9 Å². The average molecular weight is 233 g/mol. The van der Waals surface area contributed by atoms with Gasteiger partial charge in [-0.3, -0.25) is 4.68 Å². The summed E-state index contributed by atoms with van der Waals surface area (Å²) in [6, 6.07) is 3.41. The second kappa shape index (κ2) is 3.73.